The van der Waals surface area contributed by atoms with Crippen LogP contribution in [0.25, 0.3) is 10.9 Å². The van der Waals surface area contributed by atoms with Crippen molar-refractivity contribution in [2.75, 3.05) is 57.5 Å². The molecule has 2 aromatic carbocycles. The highest BCUT2D eigenvalue weighted by molar-refractivity contribution is 5.91. The van der Waals surface area contributed by atoms with Crippen LogP contribution in [0.4, 0.5) is 11.8 Å². The van der Waals surface area contributed by atoms with E-state index in [0.29, 0.717) is 33.3 Å². The lowest BCUT2D eigenvalue weighted by molar-refractivity contribution is -0.141. The molecule has 3 aromatic rings. The van der Waals surface area contributed by atoms with Crippen molar-refractivity contribution in [2.45, 2.75) is 6.10 Å². The number of methoxy groups -OCH3 is 2. The van der Waals surface area contributed by atoms with E-state index in [9.17, 15) is 4.79 Å². The van der Waals surface area contributed by atoms with Crippen LogP contribution in [0.5, 0.6) is 23.0 Å². The van der Waals surface area contributed by atoms with Crippen molar-refractivity contribution in [2.24, 2.45) is 0 Å². The second kappa shape index (κ2) is 8.53. The quantitative estimate of drug-likeness (QED) is 0.612. The molecule has 0 aliphatic carbocycles. The Bertz CT molecular complexity index is 1410. The highest BCUT2D eigenvalue weighted by atomic mass is 16.6. The molecule has 1 unspecified atom stereocenters. The van der Waals surface area contributed by atoms with Crippen LogP contribution in [0.3, 0.4) is 0 Å². The summed E-state index contributed by atoms with van der Waals surface area (Å²) in [5, 5.41) is 0.302. The lowest BCUT2D eigenvalue weighted by Crippen LogP contribution is -2.54. The number of hydrogen-bond donors (Lipinski definition) is 1. The Kier molecular flexibility index (Phi) is 3.87. The number of carbonyl (C=O) groups excluding carboxylic acids is 1. The Labute approximate surface area is 199 Å². The third-order valence-corrected chi connectivity index (χ3v) is 5.30. The SMILES string of the molecule is [2H]N([2H])c1nc(N2CC([2H])([2H])N(C(=O)C3COc4ccccc4O3)C([2H])([2H])C2)nc2cc(OC)c(OC)cc12. The van der Waals surface area contributed by atoms with Crippen LogP contribution in [0, 0.1) is 0 Å². The number of nitrogens with two attached hydrogens (primary N) is 1. The Morgan fingerprint density at radius 1 is 1.15 bits per heavy atom. The van der Waals surface area contributed by atoms with E-state index in [1.807, 2.05) is 0 Å². The molecule has 1 fully saturated rings. The molecule has 0 bridgehead atoms. The number of aromatic nitrogens is 2. The molecule has 5 rings (SSSR count). The standard InChI is InChI=1S/C23H25N5O5/c1-30-18-11-14-15(12-19(18)31-2)25-23(26-21(14)24)28-9-7-27(8-10-28)22(29)20-13-32-16-5-3-4-6-17(16)33-20/h3-6,11-12,20H,7-10,13H2,1-2H3,(H2,24,25,26)/i7D2,8D2/hD2. The first-order valence-electron chi connectivity index (χ1n) is 13.0. The van der Waals surface area contributed by atoms with Gasteiger partial charge >= 0.3 is 0 Å². The molecule has 3 heterocycles. The predicted octanol–water partition coefficient (Wildman–Crippen LogP) is 1.72. The van der Waals surface area contributed by atoms with Crippen LogP contribution in [0.1, 0.15) is 5.48 Å². The van der Waals surface area contributed by atoms with Gasteiger partial charge in [-0.3, -0.25) is 4.79 Å². The number of fused-ring (bicyclic) bond motifs is 2. The molecule has 1 saturated heterocycles. The maximum absolute atomic E-state index is 13.4. The van der Waals surface area contributed by atoms with Crippen molar-refractivity contribution in [3.63, 3.8) is 0 Å². The number of benzene rings is 2. The molecular weight excluding hydrogens is 426 g/mol. The molecule has 1 aromatic heterocycles. The fraction of sp³-hybridized carbons (Fsp3) is 0.348. The van der Waals surface area contributed by atoms with Gasteiger partial charge in [0.05, 0.1) is 25.2 Å². The number of amides is 1. The number of carbonyl (C=O) groups is 1. The molecule has 2 N–H and O–H groups in total. The van der Waals surface area contributed by atoms with Gasteiger partial charge < -0.3 is 34.5 Å². The summed E-state index contributed by atoms with van der Waals surface area (Å²) in [6.45, 7) is -6.21. The van der Waals surface area contributed by atoms with Gasteiger partial charge in [0, 0.05) is 37.5 Å². The number of nitrogen functional groups attached to an aromatic ring is 1. The second-order valence-electron chi connectivity index (χ2n) is 7.28. The van der Waals surface area contributed by atoms with E-state index < -0.39 is 38.1 Å². The zero-order valence-electron chi connectivity index (χ0n) is 23.9. The minimum absolute atomic E-state index is 0.125. The van der Waals surface area contributed by atoms with Gasteiger partial charge in [-0.1, -0.05) is 12.1 Å². The summed E-state index contributed by atoms with van der Waals surface area (Å²) in [6.07, 6.45) is -1.25. The average Bonchev–Trinajstić information content (AvgIpc) is 2.89. The number of anilines is 2. The van der Waals surface area contributed by atoms with E-state index in [1.165, 1.54) is 31.3 Å². The van der Waals surface area contributed by atoms with Crippen molar-refractivity contribution in [1.29, 1.82) is 0 Å². The Balaban J connectivity index is 1.48. The van der Waals surface area contributed by atoms with E-state index in [1.54, 1.807) is 24.3 Å². The minimum atomic E-state index is -2.52. The van der Waals surface area contributed by atoms with Crippen molar-refractivity contribution >= 4 is 28.6 Å². The summed E-state index contributed by atoms with van der Waals surface area (Å²) in [4.78, 5) is 23.9. The molecule has 2 aliphatic heterocycles. The third-order valence-electron chi connectivity index (χ3n) is 5.30. The molecule has 172 valence electrons. The van der Waals surface area contributed by atoms with Gasteiger partial charge in [0.2, 0.25) is 12.1 Å². The van der Waals surface area contributed by atoms with Crippen molar-refractivity contribution in [3.8, 4) is 23.0 Å². The Hall–Kier alpha value is -3.95. The van der Waals surface area contributed by atoms with Gasteiger partial charge in [-0.15, -0.1) is 0 Å². The van der Waals surface area contributed by atoms with E-state index >= 15 is 0 Å². The van der Waals surface area contributed by atoms with Gasteiger partial charge in [0.1, 0.15) is 12.4 Å². The fourth-order valence-corrected chi connectivity index (χ4v) is 3.58. The van der Waals surface area contributed by atoms with Gasteiger partial charge in [0.15, 0.2) is 25.8 Å². The second-order valence-corrected chi connectivity index (χ2v) is 7.28. The van der Waals surface area contributed by atoms with Crippen LogP contribution in [-0.4, -0.2) is 73.8 Å². The molecule has 10 nitrogen and oxygen atoms in total. The molecule has 0 saturated carbocycles. The van der Waals surface area contributed by atoms with Gasteiger partial charge in [-0.25, -0.2) is 4.98 Å². The van der Waals surface area contributed by atoms with Gasteiger partial charge in [0.25, 0.3) is 5.91 Å². The number of ether oxygens (including phenoxy) is 4. The lowest BCUT2D eigenvalue weighted by Gasteiger charge is -2.37. The summed E-state index contributed by atoms with van der Waals surface area (Å²) in [5.74, 6) is 0.247. The number of para-hydroxylation sites is 2. The molecule has 1 amide bonds. The topological polar surface area (TPSA) is 112 Å². The maximum Gasteiger partial charge on any atom is 0.267 e. The van der Waals surface area contributed by atoms with Crippen molar-refractivity contribution < 1.29 is 32.0 Å². The Morgan fingerprint density at radius 2 is 1.88 bits per heavy atom. The molecular formula is C23H25N5O5. The first kappa shape index (κ1) is 15.0. The van der Waals surface area contributed by atoms with Gasteiger partial charge in [-0.2, -0.15) is 4.98 Å². The van der Waals surface area contributed by atoms with E-state index in [4.69, 9.17) is 27.3 Å². The summed E-state index contributed by atoms with van der Waals surface area (Å²) < 4.78 is 72.2. The normalized spacial score (nSPS) is 23.3. The number of rotatable bonds is 5. The minimum Gasteiger partial charge on any atom is -0.493 e. The maximum atomic E-state index is 13.4. The zero-order chi connectivity index (χ0) is 28.1. The first-order chi connectivity index (χ1) is 18.4. The van der Waals surface area contributed by atoms with E-state index in [2.05, 4.69) is 9.97 Å². The first-order valence-corrected chi connectivity index (χ1v) is 10.1. The smallest absolute Gasteiger partial charge is 0.267 e. The summed E-state index contributed by atoms with van der Waals surface area (Å²) in [6, 6.07) is 9.76. The Morgan fingerprint density at radius 3 is 2.61 bits per heavy atom. The number of nitrogens with zero attached hydrogens (tertiary/aromatic N) is 4. The molecule has 0 spiro atoms. The van der Waals surface area contributed by atoms with Crippen LogP contribution in [0.15, 0.2) is 36.4 Å². The van der Waals surface area contributed by atoms with Crippen LogP contribution in [-0.2, 0) is 4.79 Å². The largest absolute Gasteiger partial charge is 0.493 e. The third kappa shape index (κ3) is 3.88. The monoisotopic (exact) mass is 457 g/mol. The molecule has 1 atom stereocenters. The van der Waals surface area contributed by atoms with Crippen molar-refractivity contribution in [1.82, 2.24) is 14.9 Å². The molecule has 2 aliphatic rings. The molecule has 33 heavy (non-hydrogen) atoms. The predicted molar refractivity (Wildman–Crippen MR) is 122 cm³/mol. The molecule has 0 radical (unpaired) electrons. The van der Waals surface area contributed by atoms with E-state index in [-0.39, 0.29) is 29.6 Å². The summed E-state index contributed by atoms with van der Waals surface area (Å²) in [7, 11) is 2.87. The van der Waals surface area contributed by atoms with Crippen molar-refractivity contribution in [3.05, 3.63) is 36.4 Å². The van der Waals surface area contributed by atoms with Crippen LogP contribution in [0.2, 0.25) is 2.82 Å². The van der Waals surface area contributed by atoms with E-state index in [0.717, 1.165) is 0 Å². The number of hydrogen-bond acceptors (Lipinski definition) is 9. The zero-order valence-corrected chi connectivity index (χ0v) is 17.9. The molecule has 10 heteroatoms. The summed E-state index contributed by atoms with van der Waals surface area (Å²) >= 11 is 0. The van der Waals surface area contributed by atoms with Crippen LogP contribution < -0.4 is 29.6 Å². The van der Waals surface area contributed by atoms with Crippen LogP contribution >= 0.6 is 0 Å². The lowest BCUT2D eigenvalue weighted by atomic mass is 10.2. The number of piperazine rings is 1. The fourth-order valence-electron chi connectivity index (χ4n) is 3.58. The highest BCUT2D eigenvalue weighted by Gasteiger charge is 2.33. The van der Waals surface area contributed by atoms with Gasteiger partial charge in [-0.05, 0) is 18.2 Å². The average molecular weight is 458 g/mol. The highest BCUT2D eigenvalue weighted by Crippen LogP contribution is 2.34. The summed E-state index contributed by atoms with van der Waals surface area (Å²) in [5.41, 5.74) is 0.545.